The highest BCUT2D eigenvalue weighted by Crippen LogP contribution is 2.38. The van der Waals surface area contributed by atoms with Gasteiger partial charge < -0.3 is 0 Å². The fourth-order valence-electron chi connectivity index (χ4n) is 5.73. The summed E-state index contributed by atoms with van der Waals surface area (Å²) in [6, 6.07) is 11.5. The van der Waals surface area contributed by atoms with Gasteiger partial charge in [0.05, 0.1) is 49.2 Å². The Hall–Kier alpha value is -4.09. The topological polar surface area (TPSA) is 320 Å². The molecule has 0 aromatic heterocycles. The average molecular weight is 988 g/mol. The smallest absolute Gasteiger partial charge is 0.282 e. The van der Waals surface area contributed by atoms with Crippen LogP contribution in [-0.4, -0.2) is 77.1 Å². The maximum Gasteiger partial charge on any atom is 0.295 e. The molecule has 0 amide bonds. The summed E-state index contributed by atoms with van der Waals surface area (Å²) in [4.78, 5) is -9.21. The molecule has 0 aliphatic heterocycles. The van der Waals surface area contributed by atoms with Crippen LogP contribution < -0.4 is 0 Å². The van der Waals surface area contributed by atoms with E-state index in [4.69, 9.17) is 23.2 Å². The van der Waals surface area contributed by atoms with Gasteiger partial charge in [0.25, 0.3) is 40.5 Å². The van der Waals surface area contributed by atoms with Crippen molar-refractivity contribution in [2.75, 3.05) is 0 Å². The fraction of sp³-hybridized carbons (Fsp3) is 0. The first kappa shape index (κ1) is 44.5. The number of hydrogen-bond acceptors (Lipinski definition) is 14. The molecular formula is C32H20Cl2O18S7. The van der Waals surface area contributed by atoms with E-state index in [0.29, 0.717) is 36.4 Å². The third-order valence-corrected chi connectivity index (χ3v) is 18.2. The van der Waals surface area contributed by atoms with Crippen molar-refractivity contribution in [1.29, 1.82) is 0 Å². The number of rotatable bonds is 10. The van der Waals surface area contributed by atoms with Crippen LogP contribution in [0.3, 0.4) is 0 Å². The Morgan fingerprint density at radius 3 is 0.898 bits per heavy atom. The van der Waals surface area contributed by atoms with Crippen molar-refractivity contribution in [3.63, 3.8) is 0 Å². The van der Waals surface area contributed by atoms with E-state index in [9.17, 15) is 77.1 Å². The molecule has 312 valence electrons. The largest absolute Gasteiger partial charge is 0.295 e. The number of sulfone groups is 3. The second-order valence-corrected chi connectivity index (χ2v) is 24.4. The lowest BCUT2D eigenvalue weighted by atomic mass is 10.1. The van der Waals surface area contributed by atoms with E-state index < -0.39 is 140 Å². The van der Waals surface area contributed by atoms with Gasteiger partial charge in [-0.1, -0.05) is 35.3 Å². The summed E-state index contributed by atoms with van der Waals surface area (Å²) in [5.74, 6) is 0. The molecule has 0 atom stereocenters. The van der Waals surface area contributed by atoms with Gasteiger partial charge in [-0.3, -0.25) is 18.2 Å². The highest BCUT2D eigenvalue weighted by molar-refractivity contribution is 7.93. The van der Waals surface area contributed by atoms with E-state index in [1.54, 1.807) is 0 Å². The van der Waals surface area contributed by atoms with Crippen LogP contribution in [-0.2, 0) is 70.0 Å². The van der Waals surface area contributed by atoms with Gasteiger partial charge >= 0.3 is 0 Å². The first-order valence-electron chi connectivity index (χ1n) is 15.2. The van der Waals surface area contributed by atoms with Crippen molar-refractivity contribution in [2.24, 2.45) is 0 Å². The van der Waals surface area contributed by atoms with Crippen LogP contribution in [0.4, 0.5) is 0 Å². The second-order valence-electron chi connectivity index (χ2n) is 12.2. The van der Waals surface area contributed by atoms with Crippen molar-refractivity contribution in [2.45, 2.75) is 49.0 Å². The van der Waals surface area contributed by atoms with Crippen LogP contribution in [0.25, 0.3) is 21.5 Å². The van der Waals surface area contributed by atoms with Crippen LogP contribution >= 0.6 is 23.2 Å². The summed E-state index contributed by atoms with van der Waals surface area (Å²) < 4.78 is 219. The third kappa shape index (κ3) is 8.35. The van der Waals surface area contributed by atoms with E-state index in [-0.39, 0.29) is 10.8 Å². The zero-order valence-corrected chi connectivity index (χ0v) is 35.6. The van der Waals surface area contributed by atoms with Crippen LogP contribution in [0.15, 0.2) is 146 Å². The summed E-state index contributed by atoms with van der Waals surface area (Å²) >= 11 is 12.4. The standard InChI is InChI=1S/C32H20Cl2O18S7/c33-27-7-3-19(13-31(27)54(37,38)23-11-17-9-21(56(41,42)43)1-5-25(17)29(15-23)58(47,48)49)53(35,36)20-4-8-28(34)32(14-20)55(39,40)24-12-18-10-22(57(44,45)46)2-6-26(18)30(16-24)59(50,51)52/h1-16H,(H,41,42,43)(H,44,45,46)(H,47,48,49)(H,50,51,52). The number of hydrogen-bond donors (Lipinski definition) is 4. The van der Waals surface area contributed by atoms with E-state index in [1.165, 1.54) is 0 Å². The van der Waals surface area contributed by atoms with Gasteiger partial charge in [0.2, 0.25) is 29.5 Å². The van der Waals surface area contributed by atoms with E-state index in [2.05, 4.69) is 0 Å². The molecule has 0 aliphatic rings. The molecule has 4 N–H and O–H groups in total. The predicted octanol–water partition coefficient (Wildman–Crippen LogP) is 4.79. The molecule has 0 aliphatic carbocycles. The van der Waals surface area contributed by atoms with Crippen LogP contribution in [0.2, 0.25) is 10.0 Å². The van der Waals surface area contributed by atoms with Gasteiger partial charge in [0, 0.05) is 10.8 Å². The minimum atomic E-state index is -5.23. The second kappa shape index (κ2) is 14.5. The molecule has 0 radical (unpaired) electrons. The molecular weight excluding hydrogens is 968 g/mol. The van der Waals surface area contributed by atoms with E-state index in [0.717, 1.165) is 60.7 Å². The summed E-state index contributed by atoms with van der Waals surface area (Å²) in [7, 11) is -35.5. The van der Waals surface area contributed by atoms with Crippen LogP contribution in [0, 0.1) is 0 Å². The zero-order valence-electron chi connectivity index (χ0n) is 28.4. The van der Waals surface area contributed by atoms with Crippen molar-refractivity contribution in [3.05, 3.63) is 107 Å². The van der Waals surface area contributed by atoms with Gasteiger partial charge in [-0.15, -0.1) is 0 Å². The van der Waals surface area contributed by atoms with Gasteiger partial charge in [-0.05, 0) is 95.7 Å². The molecule has 6 aromatic carbocycles. The predicted molar refractivity (Wildman–Crippen MR) is 206 cm³/mol. The minimum absolute atomic E-state index is 0.379. The molecule has 6 aromatic rings. The molecule has 18 nitrogen and oxygen atoms in total. The van der Waals surface area contributed by atoms with Crippen molar-refractivity contribution in [3.8, 4) is 0 Å². The molecule has 6 rings (SSSR count). The summed E-state index contributed by atoms with van der Waals surface area (Å²) in [5.41, 5.74) is 0. The summed E-state index contributed by atoms with van der Waals surface area (Å²) in [6.45, 7) is 0. The van der Waals surface area contributed by atoms with Gasteiger partial charge in [-0.2, -0.15) is 33.7 Å². The quantitative estimate of drug-likeness (QED) is 0.134. The van der Waals surface area contributed by atoms with Gasteiger partial charge in [-0.25, -0.2) is 25.3 Å². The molecule has 59 heavy (non-hydrogen) atoms. The normalized spacial score (nSPS) is 13.5. The maximum absolute atomic E-state index is 14.0. The lowest BCUT2D eigenvalue weighted by molar-refractivity contribution is 0.480. The Balaban J connectivity index is 1.51. The van der Waals surface area contributed by atoms with Gasteiger partial charge in [0.1, 0.15) is 9.79 Å². The Morgan fingerprint density at radius 1 is 0.305 bits per heavy atom. The SMILES string of the molecule is O=S(=O)(O)c1ccc2c(S(=O)(=O)O)cc(S(=O)(=O)c3cc(S(=O)(=O)c4ccc(Cl)c(S(=O)(=O)c5cc(S(=O)(=O)O)c6ccc(S(=O)(=O)O)cc6c5)c4)ccc3Cl)cc2c1. The highest BCUT2D eigenvalue weighted by Gasteiger charge is 2.31. The first-order valence-corrected chi connectivity index (χ1v) is 26.2. The number of fused-ring (bicyclic) bond motifs is 2. The van der Waals surface area contributed by atoms with Gasteiger partial charge in [0.15, 0.2) is 0 Å². The molecule has 0 saturated heterocycles. The third-order valence-electron chi connectivity index (χ3n) is 8.50. The lowest BCUT2D eigenvalue weighted by Crippen LogP contribution is -2.10. The summed E-state index contributed by atoms with van der Waals surface area (Å²) in [5, 5.41) is -2.89. The zero-order chi connectivity index (χ0) is 44.1. The number of benzene rings is 6. The minimum Gasteiger partial charge on any atom is -0.282 e. The fourth-order valence-corrected chi connectivity index (χ4v) is 13.5. The summed E-state index contributed by atoms with van der Waals surface area (Å²) in [6.07, 6.45) is 0. The first-order chi connectivity index (χ1) is 26.8. The molecule has 0 bridgehead atoms. The lowest BCUT2D eigenvalue weighted by Gasteiger charge is -2.14. The number of halogens is 2. The highest BCUT2D eigenvalue weighted by atomic mass is 35.5. The molecule has 0 spiro atoms. The Bertz CT molecular complexity index is 3430. The molecule has 0 heterocycles. The van der Waals surface area contributed by atoms with Crippen LogP contribution in [0.5, 0.6) is 0 Å². The van der Waals surface area contributed by atoms with Crippen molar-refractivity contribution >= 4 is 115 Å². The molecule has 27 heteroatoms. The van der Waals surface area contributed by atoms with E-state index >= 15 is 0 Å². The Kier molecular flexibility index (Phi) is 11.0. The average Bonchev–Trinajstić information content (AvgIpc) is 3.11. The Morgan fingerprint density at radius 2 is 0.593 bits per heavy atom. The Labute approximate surface area is 345 Å². The maximum atomic E-state index is 14.0. The molecule has 0 saturated carbocycles. The van der Waals surface area contributed by atoms with Crippen molar-refractivity contribution in [1.82, 2.24) is 0 Å². The van der Waals surface area contributed by atoms with Crippen molar-refractivity contribution < 1.29 is 77.1 Å². The molecule has 0 unspecified atom stereocenters. The van der Waals surface area contributed by atoms with Crippen LogP contribution in [0.1, 0.15) is 0 Å². The van der Waals surface area contributed by atoms with E-state index in [1.807, 2.05) is 0 Å². The molecule has 0 fully saturated rings. The monoisotopic (exact) mass is 986 g/mol.